The molecule has 2 atom stereocenters. The van der Waals surface area contributed by atoms with Gasteiger partial charge in [-0.3, -0.25) is 0 Å². The molecule has 0 amide bonds. The van der Waals surface area contributed by atoms with Crippen molar-refractivity contribution in [3.63, 3.8) is 0 Å². The molecule has 0 N–H and O–H groups in total. The van der Waals surface area contributed by atoms with Crippen molar-refractivity contribution in [1.29, 1.82) is 0 Å². The summed E-state index contributed by atoms with van der Waals surface area (Å²) in [6.07, 6.45) is 6.47. The highest BCUT2D eigenvalue weighted by molar-refractivity contribution is 4.71. The molecule has 0 aromatic heterocycles. The first kappa shape index (κ1) is 16.9. The van der Waals surface area contributed by atoms with Gasteiger partial charge in [0.25, 0.3) is 0 Å². The van der Waals surface area contributed by atoms with E-state index in [4.69, 9.17) is 9.47 Å². The third-order valence-electron chi connectivity index (χ3n) is 3.38. The zero-order chi connectivity index (χ0) is 13.1. The van der Waals surface area contributed by atoms with Crippen LogP contribution in [0.3, 0.4) is 0 Å². The van der Waals surface area contributed by atoms with Gasteiger partial charge in [0.05, 0.1) is 0 Å². The van der Waals surface area contributed by atoms with E-state index in [1.807, 2.05) is 14.2 Å². The van der Waals surface area contributed by atoms with Gasteiger partial charge in [0.15, 0.2) is 0 Å². The average molecular weight is 244 g/mol. The quantitative estimate of drug-likeness (QED) is 0.509. The van der Waals surface area contributed by atoms with Crippen molar-refractivity contribution in [3.8, 4) is 0 Å². The van der Waals surface area contributed by atoms with E-state index in [0.717, 1.165) is 19.1 Å². The lowest BCUT2D eigenvalue weighted by Gasteiger charge is -2.27. The van der Waals surface area contributed by atoms with Gasteiger partial charge in [-0.2, -0.15) is 0 Å². The van der Waals surface area contributed by atoms with E-state index >= 15 is 0 Å². The summed E-state index contributed by atoms with van der Waals surface area (Å²) in [5.41, 5.74) is 0. The molecule has 2 nitrogen and oxygen atoms in total. The van der Waals surface area contributed by atoms with Crippen molar-refractivity contribution in [2.45, 2.75) is 52.9 Å². The summed E-state index contributed by atoms with van der Waals surface area (Å²) in [6.45, 7) is 8.59. The van der Waals surface area contributed by atoms with Crippen molar-refractivity contribution in [1.82, 2.24) is 0 Å². The van der Waals surface area contributed by atoms with E-state index in [2.05, 4.69) is 20.8 Å². The van der Waals surface area contributed by atoms with Crippen molar-refractivity contribution in [2.75, 3.05) is 27.4 Å². The Labute approximate surface area is 108 Å². The maximum atomic E-state index is 5.39. The topological polar surface area (TPSA) is 18.5 Å². The second-order valence-corrected chi connectivity index (χ2v) is 5.56. The standard InChI is InChI=1S/C15H32O2/c1-6-7-8-9-14(11-16-4)15(12-17-5)10-13(2)3/h13-15H,6-12H2,1-5H3. The predicted molar refractivity (Wildman–Crippen MR) is 74.3 cm³/mol. The Balaban J connectivity index is 4.24. The lowest BCUT2D eigenvalue weighted by Crippen LogP contribution is -2.25. The van der Waals surface area contributed by atoms with Gasteiger partial charge in [-0.05, 0) is 30.6 Å². The van der Waals surface area contributed by atoms with Crippen LogP contribution in [0.25, 0.3) is 0 Å². The molecular weight excluding hydrogens is 212 g/mol. The molecule has 0 aliphatic carbocycles. The summed E-state index contributed by atoms with van der Waals surface area (Å²) in [5, 5.41) is 0. The Bertz CT molecular complexity index is 157. The highest BCUT2D eigenvalue weighted by atomic mass is 16.5. The van der Waals surface area contributed by atoms with Gasteiger partial charge in [-0.25, -0.2) is 0 Å². The lowest BCUT2D eigenvalue weighted by molar-refractivity contribution is 0.0549. The highest BCUT2D eigenvalue weighted by Crippen LogP contribution is 2.26. The third-order valence-corrected chi connectivity index (χ3v) is 3.38. The molecule has 0 aromatic rings. The summed E-state index contributed by atoms with van der Waals surface area (Å²) in [4.78, 5) is 0. The first-order valence-electron chi connectivity index (χ1n) is 7.13. The van der Waals surface area contributed by atoms with Gasteiger partial charge in [0.2, 0.25) is 0 Å². The Morgan fingerprint density at radius 1 is 0.882 bits per heavy atom. The van der Waals surface area contributed by atoms with Crippen LogP contribution in [0.5, 0.6) is 0 Å². The molecule has 0 radical (unpaired) electrons. The third kappa shape index (κ3) is 8.62. The molecule has 0 aliphatic rings. The summed E-state index contributed by atoms with van der Waals surface area (Å²) >= 11 is 0. The van der Waals surface area contributed by atoms with Crippen LogP contribution < -0.4 is 0 Å². The van der Waals surface area contributed by atoms with E-state index in [0.29, 0.717) is 11.8 Å². The van der Waals surface area contributed by atoms with Gasteiger partial charge in [0.1, 0.15) is 0 Å². The molecular formula is C15H32O2. The summed E-state index contributed by atoms with van der Waals surface area (Å²) in [5.74, 6) is 2.05. The fourth-order valence-electron chi connectivity index (χ4n) is 2.54. The van der Waals surface area contributed by atoms with Gasteiger partial charge in [-0.15, -0.1) is 0 Å². The minimum absolute atomic E-state index is 0.650. The number of rotatable bonds is 11. The zero-order valence-electron chi connectivity index (χ0n) is 12.5. The maximum Gasteiger partial charge on any atom is 0.0494 e. The second-order valence-electron chi connectivity index (χ2n) is 5.56. The van der Waals surface area contributed by atoms with Crippen LogP contribution in [-0.2, 0) is 9.47 Å². The Hall–Kier alpha value is -0.0800. The Kier molecular flexibility index (Phi) is 11.0. The van der Waals surface area contributed by atoms with E-state index < -0.39 is 0 Å². The number of unbranched alkanes of at least 4 members (excludes halogenated alkanes) is 2. The molecule has 2 heteroatoms. The normalized spacial score (nSPS) is 15.2. The number of methoxy groups -OCH3 is 2. The number of ether oxygens (including phenoxy) is 2. The van der Waals surface area contributed by atoms with Gasteiger partial charge in [-0.1, -0.05) is 40.0 Å². The molecule has 0 saturated heterocycles. The van der Waals surface area contributed by atoms with Gasteiger partial charge in [0, 0.05) is 27.4 Å². The van der Waals surface area contributed by atoms with E-state index in [-0.39, 0.29) is 0 Å². The molecule has 0 fully saturated rings. The van der Waals surface area contributed by atoms with Crippen molar-refractivity contribution in [3.05, 3.63) is 0 Å². The molecule has 0 bridgehead atoms. The SMILES string of the molecule is CCCCCC(COC)C(COC)CC(C)C. The summed E-state index contributed by atoms with van der Waals surface area (Å²) < 4.78 is 10.8. The van der Waals surface area contributed by atoms with E-state index in [1.54, 1.807) is 0 Å². The first-order chi connectivity index (χ1) is 8.15. The van der Waals surface area contributed by atoms with Crippen LogP contribution in [0.2, 0.25) is 0 Å². The first-order valence-corrected chi connectivity index (χ1v) is 7.13. The fourth-order valence-corrected chi connectivity index (χ4v) is 2.54. The van der Waals surface area contributed by atoms with Crippen molar-refractivity contribution in [2.24, 2.45) is 17.8 Å². The van der Waals surface area contributed by atoms with Crippen LogP contribution in [0.4, 0.5) is 0 Å². The average Bonchev–Trinajstić information content (AvgIpc) is 2.27. The summed E-state index contributed by atoms with van der Waals surface area (Å²) in [7, 11) is 3.62. The zero-order valence-corrected chi connectivity index (χ0v) is 12.5. The van der Waals surface area contributed by atoms with E-state index in [9.17, 15) is 0 Å². The van der Waals surface area contributed by atoms with Crippen LogP contribution in [0.15, 0.2) is 0 Å². The minimum Gasteiger partial charge on any atom is -0.384 e. The maximum absolute atomic E-state index is 5.39. The number of hydrogen-bond donors (Lipinski definition) is 0. The van der Waals surface area contributed by atoms with Crippen LogP contribution in [0, 0.1) is 17.8 Å². The lowest BCUT2D eigenvalue weighted by atomic mass is 9.83. The second kappa shape index (κ2) is 11.0. The number of hydrogen-bond acceptors (Lipinski definition) is 2. The Morgan fingerprint density at radius 2 is 1.47 bits per heavy atom. The van der Waals surface area contributed by atoms with Gasteiger partial charge >= 0.3 is 0 Å². The van der Waals surface area contributed by atoms with Gasteiger partial charge < -0.3 is 9.47 Å². The molecule has 0 spiro atoms. The predicted octanol–water partition coefficient (Wildman–Crippen LogP) is 4.14. The van der Waals surface area contributed by atoms with Crippen LogP contribution in [-0.4, -0.2) is 27.4 Å². The highest BCUT2D eigenvalue weighted by Gasteiger charge is 2.22. The fraction of sp³-hybridized carbons (Fsp3) is 1.00. The van der Waals surface area contributed by atoms with E-state index in [1.165, 1.54) is 32.1 Å². The molecule has 0 aliphatic heterocycles. The molecule has 104 valence electrons. The van der Waals surface area contributed by atoms with Crippen molar-refractivity contribution < 1.29 is 9.47 Å². The van der Waals surface area contributed by atoms with Crippen LogP contribution >= 0.6 is 0 Å². The molecule has 2 unspecified atom stereocenters. The monoisotopic (exact) mass is 244 g/mol. The minimum atomic E-state index is 0.650. The Morgan fingerprint density at radius 3 is 1.94 bits per heavy atom. The summed E-state index contributed by atoms with van der Waals surface area (Å²) in [6, 6.07) is 0. The molecule has 0 rings (SSSR count). The molecule has 0 heterocycles. The molecule has 0 aromatic carbocycles. The van der Waals surface area contributed by atoms with Crippen molar-refractivity contribution >= 4 is 0 Å². The molecule has 0 saturated carbocycles. The smallest absolute Gasteiger partial charge is 0.0494 e. The van der Waals surface area contributed by atoms with Crippen LogP contribution in [0.1, 0.15) is 52.9 Å². The largest absolute Gasteiger partial charge is 0.384 e. The molecule has 17 heavy (non-hydrogen) atoms.